The lowest BCUT2D eigenvalue weighted by Crippen LogP contribution is -2.30. The number of anilines is 10. The molecule has 1 unspecified atom stereocenters. The number of furan rings is 1. The Morgan fingerprint density at radius 1 is 0.348 bits per heavy atom. The number of allylic oxidation sites excluding steroid dienone is 6. The molecule has 112 heavy (non-hydrogen) atoms. The van der Waals surface area contributed by atoms with Gasteiger partial charge in [0.2, 0.25) is 0 Å². The van der Waals surface area contributed by atoms with E-state index in [9.17, 15) is 0 Å². The Balaban J connectivity index is 0.000000142. The highest BCUT2D eigenvalue weighted by Crippen LogP contribution is 2.56. The smallest absolute Gasteiger partial charge is 0.137 e. The number of hydrogen-bond donors (Lipinski definition) is 0. The van der Waals surface area contributed by atoms with Gasteiger partial charge in [0.25, 0.3) is 0 Å². The highest BCUT2D eigenvalue weighted by atomic mass is 16.3. The van der Waals surface area contributed by atoms with Gasteiger partial charge < -0.3 is 24.0 Å². The maximum Gasteiger partial charge on any atom is 0.137 e. The Hall–Kier alpha value is -14.0. The monoisotopic (exact) mass is 1430 g/mol. The quantitative estimate of drug-likeness (QED) is 0.121. The minimum Gasteiger partial charge on any atom is -0.456 e. The molecule has 5 aliphatic rings. The molecule has 0 saturated carbocycles. The van der Waals surface area contributed by atoms with Crippen molar-refractivity contribution in [2.24, 2.45) is 0 Å². The SMILES string of the molecule is C1=CCCC(N2c3ccccc3-c3ccc(-c4ccc(N(c5ccc(-c6ccccc6)cc5)c5ccc6c(c5)oc5ccccc56)cc4)c4cccc2c34)=C1.CC1(C)c2ccccc2-c2ccc(N(c3ccc(-c4ccc5c6c(cccc46)N(c4ccccc4)c4ccccc4-5)cc3)C3C=CC(c4ccccc4)=CC3)cc21. The van der Waals surface area contributed by atoms with Gasteiger partial charge in [-0.15, -0.1) is 0 Å². The third-order valence-corrected chi connectivity index (χ3v) is 23.8. The number of nitrogens with zero attached hydrogens (tertiary/aromatic N) is 4. The van der Waals surface area contributed by atoms with Crippen LogP contribution in [0, 0.1) is 0 Å². The molecule has 2 aliphatic heterocycles. The fourth-order valence-corrected chi connectivity index (χ4v) is 18.4. The standard InChI is InChI=1S/C55H42N2.C52H36N2O/c1-55(2)50-21-11-9-18-45(50)46-33-32-43(36-51(46)55)56(41-28-24-38(25-29-41)37-14-5-3-6-15-37)42-30-26-39(27-31-42)44-34-35-49-47-19-10-12-22-52(47)57(40-16-7-4-8-17-40)53-23-13-20-48(44)54(49)53;1-3-12-35(13-4-1)36-22-26-39(27-23-36)53(41-30-31-45-44-17-8-10-21-50(44)55-51(45)34-41)40-28-24-37(25-29-40)42-32-33-47-43-16-7-9-19-48(43)54(38-14-5-2-6-15-38)49-20-11-18-46(42)52(47)49/h3-28,30-36,41H,29H2,1-2H3;1-5,7-14,16-34H,6,15H2. The number of fused-ring (bicyclic) bond motifs is 10. The summed E-state index contributed by atoms with van der Waals surface area (Å²) in [6, 6.07) is 131. The van der Waals surface area contributed by atoms with Crippen LogP contribution in [0.15, 0.2) is 404 Å². The van der Waals surface area contributed by atoms with Crippen molar-refractivity contribution in [1.82, 2.24) is 0 Å². The van der Waals surface area contributed by atoms with Gasteiger partial charge in [-0.3, -0.25) is 0 Å². The van der Waals surface area contributed by atoms with Gasteiger partial charge in [-0.1, -0.05) is 293 Å². The highest BCUT2D eigenvalue weighted by molar-refractivity contribution is 6.19. The molecule has 5 nitrogen and oxygen atoms in total. The third kappa shape index (κ3) is 11.2. The fourth-order valence-electron chi connectivity index (χ4n) is 18.4. The van der Waals surface area contributed by atoms with Gasteiger partial charge in [-0.2, -0.15) is 0 Å². The van der Waals surface area contributed by atoms with Gasteiger partial charge in [0.15, 0.2) is 0 Å². The van der Waals surface area contributed by atoms with Gasteiger partial charge in [0.1, 0.15) is 11.2 Å². The Bertz CT molecular complexity index is 6680. The molecule has 22 rings (SSSR count). The lowest BCUT2D eigenvalue weighted by Gasteiger charge is -2.36. The molecular weight excluding hydrogens is 1360 g/mol. The van der Waals surface area contributed by atoms with Crippen LogP contribution in [0.3, 0.4) is 0 Å². The molecule has 1 aromatic heterocycles. The first-order valence-corrected chi connectivity index (χ1v) is 39.2. The van der Waals surface area contributed by atoms with Crippen molar-refractivity contribution in [2.75, 3.05) is 19.6 Å². The number of benzene rings is 16. The molecule has 3 aliphatic carbocycles. The van der Waals surface area contributed by atoms with Crippen LogP contribution in [0.4, 0.5) is 56.9 Å². The third-order valence-electron chi connectivity index (χ3n) is 23.8. The minimum atomic E-state index is -0.0779. The van der Waals surface area contributed by atoms with Gasteiger partial charge >= 0.3 is 0 Å². The summed E-state index contributed by atoms with van der Waals surface area (Å²) in [7, 11) is 0. The van der Waals surface area contributed by atoms with Gasteiger partial charge in [0, 0.05) is 84.0 Å². The van der Waals surface area contributed by atoms with Crippen molar-refractivity contribution in [3.05, 3.63) is 417 Å². The maximum absolute atomic E-state index is 6.37. The Kier molecular flexibility index (Phi) is 16.1. The van der Waals surface area contributed by atoms with Crippen LogP contribution in [-0.4, -0.2) is 6.04 Å². The molecular formula is C107H78N4O. The lowest BCUT2D eigenvalue weighted by atomic mass is 9.82. The second-order valence-corrected chi connectivity index (χ2v) is 30.5. The Labute approximate surface area is 653 Å². The summed E-state index contributed by atoms with van der Waals surface area (Å²) in [6.07, 6.45) is 16.8. The second-order valence-electron chi connectivity index (χ2n) is 30.5. The summed E-state index contributed by atoms with van der Waals surface area (Å²) < 4.78 is 6.37. The van der Waals surface area contributed by atoms with E-state index in [1.165, 1.54) is 156 Å². The summed E-state index contributed by atoms with van der Waals surface area (Å²) in [5.74, 6) is 0. The van der Waals surface area contributed by atoms with Crippen molar-refractivity contribution in [1.29, 1.82) is 0 Å². The molecule has 17 aromatic rings. The van der Waals surface area contributed by atoms with Crippen molar-refractivity contribution >= 4 is 106 Å². The van der Waals surface area contributed by atoms with Crippen molar-refractivity contribution in [3.8, 4) is 66.8 Å². The first-order valence-electron chi connectivity index (χ1n) is 39.2. The second kappa shape index (κ2) is 27.3. The van der Waals surface area contributed by atoms with E-state index in [1.807, 2.05) is 12.1 Å². The summed E-state index contributed by atoms with van der Waals surface area (Å²) in [4.78, 5) is 9.77. The van der Waals surface area contributed by atoms with Crippen LogP contribution in [-0.2, 0) is 5.41 Å². The first kappa shape index (κ1) is 66.2. The van der Waals surface area contributed by atoms with Gasteiger partial charge in [0.05, 0.1) is 28.8 Å². The zero-order valence-corrected chi connectivity index (χ0v) is 62.4. The average molecular weight is 1440 g/mol. The minimum absolute atomic E-state index is 0.0779. The molecule has 0 spiro atoms. The van der Waals surface area contributed by atoms with E-state index in [2.05, 4.69) is 416 Å². The molecule has 0 radical (unpaired) electrons. The van der Waals surface area contributed by atoms with Crippen molar-refractivity contribution < 1.29 is 4.42 Å². The van der Waals surface area contributed by atoms with Crippen molar-refractivity contribution in [3.63, 3.8) is 0 Å². The largest absolute Gasteiger partial charge is 0.456 e. The summed E-state index contributed by atoms with van der Waals surface area (Å²) in [5.41, 5.74) is 35.1. The van der Waals surface area contributed by atoms with Gasteiger partial charge in [-0.25, -0.2) is 0 Å². The molecule has 1 atom stereocenters. The van der Waals surface area contributed by atoms with Crippen LogP contribution in [0.1, 0.15) is 49.8 Å². The molecule has 0 amide bonds. The number of para-hydroxylation sites is 4. The Morgan fingerprint density at radius 2 is 0.839 bits per heavy atom. The lowest BCUT2D eigenvalue weighted by molar-refractivity contribution is 0.659. The van der Waals surface area contributed by atoms with E-state index < -0.39 is 0 Å². The highest BCUT2D eigenvalue weighted by Gasteiger charge is 2.37. The Morgan fingerprint density at radius 3 is 1.48 bits per heavy atom. The maximum atomic E-state index is 6.37. The fraction of sp³-hybridized carbons (Fsp3) is 0.0654. The predicted octanol–water partition coefficient (Wildman–Crippen LogP) is 29.7. The molecule has 0 N–H and O–H groups in total. The van der Waals surface area contributed by atoms with Crippen LogP contribution >= 0.6 is 0 Å². The number of rotatable bonds is 12. The van der Waals surface area contributed by atoms with Crippen molar-refractivity contribution in [2.45, 2.75) is 44.6 Å². The van der Waals surface area contributed by atoms with Crippen LogP contribution < -0.4 is 19.6 Å². The predicted molar refractivity (Wildman–Crippen MR) is 472 cm³/mol. The van der Waals surface area contributed by atoms with E-state index in [0.717, 1.165) is 58.3 Å². The molecule has 532 valence electrons. The normalized spacial score (nSPS) is 14.6. The summed E-state index contributed by atoms with van der Waals surface area (Å²) in [6.45, 7) is 4.74. The zero-order chi connectivity index (χ0) is 74.4. The average Bonchev–Trinajstić information content (AvgIpc) is 0.998. The van der Waals surface area contributed by atoms with E-state index in [-0.39, 0.29) is 11.5 Å². The molecule has 3 heterocycles. The topological polar surface area (TPSA) is 26.1 Å². The van der Waals surface area contributed by atoms with E-state index in [1.54, 1.807) is 0 Å². The molecule has 0 fully saturated rings. The van der Waals surface area contributed by atoms with Crippen LogP contribution in [0.25, 0.3) is 116 Å². The molecule has 16 aromatic carbocycles. The van der Waals surface area contributed by atoms with Gasteiger partial charge in [-0.05, 0) is 217 Å². The summed E-state index contributed by atoms with van der Waals surface area (Å²) >= 11 is 0. The molecule has 0 saturated heterocycles. The zero-order valence-electron chi connectivity index (χ0n) is 62.4. The van der Waals surface area contributed by atoms with E-state index in [4.69, 9.17) is 4.42 Å². The van der Waals surface area contributed by atoms with E-state index in [0.29, 0.717) is 0 Å². The van der Waals surface area contributed by atoms with Crippen LogP contribution in [0.5, 0.6) is 0 Å². The van der Waals surface area contributed by atoms with Crippen LogP contribution in [0.2, 0.25) is 0 Å². The number of hydrogen-bond acceptors (Lipinski definition) is 5. The molecule has 0 bridgehead atoms. The van der Waals surface area contributed by atoms with E-state index >= 15 is 0 Å². The first-order chi connectivity index (χ1) is 55.3. The summed E-state index contributed by atoms with van der Waals surface area (Å²) in [5, 5.41) is 7.37. The molecule has 5 heteroatoms.